The van der Waals surface area contributed by atoms with Gasteiger partial charge >= 0.3 is 5.69 Å². The van der Waals surface area contributed by atoms with Crippen LogP contribution < -0.4 is 11.0 Å². The third kappa shape index (κ3) is 3.49. The Morgan fingerprint density at radius 2 is 2.03 bits per heavy atom. The maximum Gasteiger partial charge on any atom is 0.326 e. The molecule has 0 atom stereocenters. The van der Waals surface area contributed by atoms with Crippen molar-refractivity contribution in [1.29, 1.82) is 0 Å². The van der Waals surface area contributed by atoms with Crippen molar-refractivity contribution in [2.45, 2.75) is 26.4 Å². The molecule has 5 rings (SSSR count). The number of aromatic amines is 1. The van der Waals surface area contributed by atoms with E-state index in [0.717, 1.165) is 17.2 Å². The van der Waals surface area contributed by atoms with Crippen molar-refractivity contribution in [1.82, 2.24) is 34.1 Å². The number of halogens is 1. The summed E-state index contributed by atoms with van der Waals surface area (Å²) in [7, 11) is 0. The van der Waals surface area contributed by atoms with E-state index in [-0.39, 0.29) is 11.7 Å². The van der Waals surface area contributed by atoms with E-state index >= 15 is 0 Å². The minimum atomic E-state index is -0.461. The zero-order valence-electron chi connectivity index (χ0n) is 17.6. The van der Waals surface area contributed by atoms with Gasteiger partial charge in [0.05, 0.1) is 23.6 Å². The van der Waals surface area contributed by atoms with Crippen LogP contribution >= 0.6 is 0 Å². The topological polar surface area (TPSA) is 106 Å². The molecule has 10 heteroatoms. The molecule has 0 unspecified atom stereocenters. The molecule has 0 amide bonds. The van der Waals surface area contributed by atoms with Crippen LogP contribution in [0.15, 0.2) is 53.8 Å². The van der Waals surface area contributed by atoms with Crippen molar-refractivity contribution in [3.63, 3.8) is 0 Å². The minimum Gasteiger partial charge on any atom is -0.366 e. The first kappa shape index (κ1) is 19.9. The Morgan fingerprint density at radius 1 is 1.19 bits per heavy atom. The fourth-order valence-corrected chi connectivity index (χ4v) is 3.70. The normalized spacial score (nSPS) is 11.6. The van der Waals surface area contributed by atoms with Gasteiger partial charge in [-0.25, -0.2) is 24.1 Å². The summed E-state index contributed by atoms with van der Waals surface area (Å²) < 4.78 is 17.4. The van der Waals surface area contributed by atoms with Gasteiger partial charge in [0.15, 0.2) is 17.3 Å². The van der Waals surface area contributed by atoms with Crippen molar-refractivity contribution >= 4 is 28.0 Å². The molecule has 0 aliphatic heterocycles. The number of nitrogens with one attached hydrogen (secondary N) is 2. The molecule has 9 nitrogen and oxygen atoms in total. The summed E-state index contributed by atoms with van der Waals surface area (Å²) in [6, 6.07) is 9.02. The smallest absolute Gasteiger partial charge is 0.326 e. The van der Waals surface area contributed by atoms with Crippen LogP contribution in [0.1, 0.15) is 19.9 Å². The van der Waals surface area contributed by atoms with Crippen LogP contribution in [0, 0.1) is 5.82 Å². The van der Waals surface area contributed by atoms with Crippen molar-refractivity contribution in [2.75, 3.05) is 11.9 Å². The lowest BCUT2D eigenvalue weighted by molar-refractivity contribution is 0.612. The first-order chi connectivity index (χ1) is 15.5. The SMILES string of the molecule is CC(C)n1cnc2c(NCCn3c(=O)[nH]c4ccccc43)nc(-c3cncc(F)c3)nc21. The largest absolute Gasteiger partial charge is 0.366 e. The van der Waals surface area contributed by atoms with Crippen LogP contribution in [-0.2, 0) is 6.54 Å². The Bertz CT molecular complexity index is 1480. The van der Waals surface area contributed by atoms with Gasteiger partial charge in [-0.15, -0.1) is 0 Å². The van der Waals surface area contributed by atoms with Gasteiger partial charge in [-0.2, -0.15) is 0 Å². The fourth-order valence-electron chi connectivity index (χ4n) is 3.70. The number of hydrogen-bond acceptors (Lipinski definition) is 6. The number of H-pyrrole nitrogens is 1. The molecule has 0 fully saturated rings. The molecule has 2 N–H and O–H groups in total. The number of hydrogen-bond donors (Lipinski definition) is 2. The average Bonchev–Trinajstić information content (AvgIpc) is 3.35. The third-order valence-electron chi connectivity index (χ3n) is 5.25. The van der Waals surface area contributed by atoms with Crippen molar-refractivity contribution in [3.05, 3.63) is 65.4 Å². The van der Waals surface area contributed by atoms with Crippen LogP contribution in [0.4, 0.5) is 10.2 Å². The number of nitrogens with zero attached hydrogens (tertiary/aromatic N) is 6. The summed E-state index contributed by atoms with van der Waals surface area (Å²) in [4.78, 5) is 32.8. The number of rotatable bonds is 6. The molecule has 32 heavy (non-hydrogen) atoms. The predicted molar refractivity (Wildman–Crippen MR) is 120 cm³/mol. The van der Waals surface area contributed by atoms with E-state index in [1.807, 2.05) is 42.7 Å². The van der Waals surface area contributed by atoms with Crippen LogP contribution in [0.2, 0.25) is 0 Å². The van der Waals surface area contributed by atoms with Gasteiger partial charge in [0.1, 0.15) is 11.3 Å². The molecule has 0 saturated carbocycles. The highest BCUT2D eigenvalue weighted by molar-refractivity contribution is 5.85. The van der Waals surface area contributed by atoms with Crippen molar-refractivity contribution in [3.8, 4) is 11.4 Å². The fraction of sp³-hybridized carbons (Fsp3) is 0.227. The summed E-state index contributed by atoms with van der Waals surface area (Å²) in [5.41, 5.74) is 3.18. The molecule has 5 aromatic rings. The lowest BCUT2D eigenvalue weighted by Gasteiger charge is -2.11. The van der Waals surface area contributed by atoms with E-state index in [2.05, 4.69) is 30.2 Å². The van der Waals surface area contributed by atoms with E-state index in [9.17, 15) is 9.18 Å². The standard InChI is InChI=1S/C22H21FN8O/c1-13(2)31-12-26-18-20(28-19(29-21(18)31)14-9-15(23)11-24-10-14)25-7-8-30-17-6-4-3-5-16(17)27-22(30)32/h3-6,9-13H,7-8H2,1-2H3,(H,27,32)(H,25,28,29). The third-order valence-corrected chi connectivity index (χ3v) is 5.25. The van der Waals surface area contributed by atoms with Gasteiger partial charge in [0.25, 0.3) is 0 Å². The average molecular weight is 432 g/mol. The zero-order valence-corrected chi connectivity index (χ0v) is 17.6. The summed E-state index contributed by atoms with van der Waals surface area (Å²) in [6.45, 7) is 4.92. The lowest BCUT2D eigenvalue weighted by Crippen LogP contribution is -2.21. The summed E-state index contributed by atoms with van der Waals surface area (Å²) >= 11 is 0. The first-order valence-corrected chi connectivity index (χ1v) is 10.3. The Hall–Kier alpha value is -4.08. The Kier molecular flexibility index (Phi) is 4.89. The van der Waals surface area contributed by atoms with E-state index in [1.54, 1.807) is 10.9 Å². The predicted octanol–water partition coefficient (Wildman–Crippen LogP) is 3.36. The van der Waals surface area contributed by atoms with E-state index in [4.69, 9.17) is 0 Å². The minimum absolute atomic E-state index is 0.131. The van der Waals surface area contributed by atoms with Crippen LogP contribution in [0.5, 0.6) is 0 Å². The van der Waals surface area contributed by atoms with Gasteiger partial charge in [-0.1, -0.05) is 12.1 Å². The molecule has 0 saturated heterocycles. The number of pyridine rings is 1. The second-order valence-corrected chi connectivity index (χ2v) is 7.73. The molecule has 0 aliphatic carbocycles. The van der Waals surface area contributed by atoms with Crippen LogP contribution in [-0.4, -0.2) is 40.6 Å². The number of benzene rings is 1. The van der Waals surface area contributed by atoms with E-state index < -0.39 is 5.82 Å². The van der Waals surface area contributed by atoms with Crippen LogP contribution in [0.25, 0.3) is 33.6 Å². The number of para-hydroxylation sites is 2. The Morgan fingerprint density at radius 3 is 2.84 bits per heavy atom. The maximum absolute atomic E-state index is 13.8. The molecule has 162 valence electrons. The molecular weight excluding hydrogens is 411 g/mol. The van der Waals surface area contributed by atoms with Gasteiger partial charge in [0, 0.05) is 30.9 Å². The van der Waals surface area contributed by atoms with E-state index in [0.29, 0.717) is 41.5 Å². The molecule has 4 heterocycles. The lowest BCUT2D eigenvalue weighted by atomic mass is 10.2. The maximum atomic E-state index is 13.8. The number of anilines is 1. The second kappa shape index (κ2) is 7.88. The Balaban J connectivity index is 1.51. The molecule has 0 aliphatic rings. The number of fused-ring (bicyclic) bond motifs is 2. The molecule has 1 aromatic carbocycles. The number of aromatic nitrogens is 7. The highest BCUT2D eigenvalue weighted by atomic mass is 19.1. The quantitative estimate of drug-likeness (QED) is 0.426. The highest BCUT2D eigenvalue weighted by Gasteiger charge is 2.16. The van der Waals surface area contributed by atoms with Gasteiger partial charge in [-0.05, 0) is 32.0 Å². The molecule has 4 aromatic heterocycles. The first-order valence-electron chi connectivity index (χ1n) is 10.3. The van der Waals surface area contributed by atoms with Gasteiger partial charge in [-0.3, -0.25) is 9.55 Å². The van der Waals surface area contributed by atoms with Gasteiger partial charge in [0.2, 0.25) is 0 Å². The second-order valence-electron chi connectivity index (χ2n) is 7.73. The monoisotopic (exact) mass is 432 g/mol. The molecular formula is C22H21FN8O. The Labute approximate surface area is 182 Å². The molecule has 0 spiro atoms. The summed E-state index contributed by atoms with van der Waals surface area (Å²) in [6.07, 6.45) is 4.38. The van der Waals surface area contributed by atoms with Gasteiger partial charge < -0.3 is 14.9 Å². The summed E-state index contributed by atoms with van der Waals surface area (Å²) in [5, 5.41) is 3.28. The summed E-state index contributed by atoms with van der Waals surface area (Å²) in [5.74, 6) is 0.400. The van der Waals surface area contributed by atoms with Crippen molar-refractivity contribution < 1.29 is 4.39 Å². The van der Waals surface area contributed by atoms with Crippen molar-refractivity contribution in [2.24, 2.45) is 0 Å². The highest BCUT2D eigenvalue weighted by Crippen LogP contribution is 2.26. The zero-order chi connectivity index (χ0) is 22.2. The molecule has 0 bridgehead atoms. The van der Waals surface area contributed by atoms with E-state index in [1.165, 1.54) is 12.3 Å². The van der Waals surface area contributed by atoms with Crippen LogP contribution in [0.3, 0.4) is 0 Å². The number of imidazole rings is 2. The molecule has 0 radical (unpaired) electrons.